The van der Waals surface area contributed by atoms with Crippen molar-refractivity contribution < 1.29 is 76.2 Å². The minimum absolute atomic E-state index is 0. The van der Waals surface area contributed by atoms with Crippen molar-refractivity contribution in [3.05, 3.63) is 0 Å². The smallest absolute Gasteiger partial charge is 0.394 e. The zero-order valence-electron chi connectivity index (χ0n) is 5.70. The minimum Gasteiger partial charge on any atom is -0.412 e. The largest absolute Gasteiger partial charge is 0.412 e. The van der Waals surface area contributed by atoms with E-state index >= 15 is 0 Å². The van der Waals surface area contributed by atoms with E-state index in [1.54, 1.807) is 0 Å². The first-order valence-electron chi connectivity index (χ1n) is 0.698. The molecule has 0 heterocycles. The SMILES string of the molecule is O.O.O.O.O.O.O=S(=O)(O)O.[Sc]. The molecule has 0 rings (SSSR count). The molecule has 0 aliphatic carbocycles. The molecule has 0 fully saturated rings. The van der Waals surface area contributed by atoms with Gasteiger partial charge >= 0.3 is 10.4 Å². The van der Waals surface area contributed by atoms with Crippen LogP contribution in [0.4, 0.5) is 0 Å². The molecule has 10 nitrogen and oxygen atoms in total. The second-order valence-electron chi connectivity index (χ2n) is 0.448. The van der Waals surface area contributed by atoms with E-state index in [0.29, 0.717) is 0 Å². The van der Waals surface area contributed by atoms with E-state index in [1.165, 1.54) is 0 Å². The van der Waals surface area contributed by atoms with E-state index in [-0.39, 0.29) is 58.7 Å². The number of hydrogen-bond donors (Lipinski definition) is 2. The maximum atomic E-state index is 8.74. The van der Waals surface area contributed by atoms with Crippen molar-refractivity contribution in [2.45, 2.75) is 0 Å². The number of hydrogen-bond acceptors (Lipinski definition) is 2. The fourth-order valence-corrected chi connectivity index (χ4v) is 0. The molecule has 0 aromatic heterocycles. The van der Waals surface area contributed by atoms with E-state index in [1.807, 2.05) is 0 Å². The summed E-state index contributed by atoms with van der Waals surface area (Å²) in [5, 5.41) is 0. The van der Waals surface area contributed by atoms with Crippen LogP contribution in [0.25, 0.3) is 0 Å². The quantitative estimate of drug-likeness (QED) is 0.398. The van der Waals surface area contributed by atoms with Crippen molar-refractivity contribution in [1.82, 2.24) is 0 Å². The van der Waals surface area contributed by atoms with E-state index in [0.717, 1.165) is 0 Å². The van der Waals surface area contributed by atoms with Gasteiger partial charge < -0.3 is 32.9 Å². The summed E-state index contributed by atoms with van der Waals surface area (Å²) in [5.41, 5.74) is 0. The summed E-state index contributed by atoms with van der Waals surface area (Å²) in [6, 6.07) is 0. The Kier molecular flexibility index (Phi) is 204. The molecule has 0 bridgehead atoms. The van der Waals surface area contributed by atoms with Crippen LogP contribution in [-0.2, 0) is 36.2 Å². The Hall–Kier alpha value is 0.500. The average molecular weight is 251 g/mol. The van der Waals surface area contributed by atoms with Crippen LogP contribution in [0.2, 0.25) is 0 Å². The van der Waals surface area contributed by atoms with Gasteiger partial charge in [-0.2, -0.15) is 8.42 Å². The molecular formula is H14O10SSc. The summed E-state index contributed by atoms with van der Waals surface area (Å²) in [6.45, 7) is 0. The fraction of sp³-hybridized carbons (Fsp3) is 0. The van der Waals surface area contributed by atoms with Crippen LogP contribution >= 0.6 is 0 Å². The molecule has 0 atom stereocenters. The van der Waals surface area contributed by atoms with Crippen LogP contribution in [0.1, 0.15) is 0 Å². The van der Waals surface area contributed by atoms with E-state index in [2.05, 4.69) is 0 Å². The zero-order chi connectivity index (χ0) is 4.50. The monoisotopic (exact) mass is 251 g/mol. The van der Waals surface area contributed by atoms with Crippen molar-refractivity contribution in [1.29, 1.82) is 0 Å². The molecule has 0 amide bonds. The van der Waals surface area contributed by atoms with Crippen LogP contribution in [0.3, 0.4) is 0 Å². The molecule has 83 valence electrons. The third-order valence-electron chi connectivity index (χ3n) is 0. The van der Waals surface area contributed by atoms with Gasteiger partial charge in [0.1, 0.15) is 0 Å². The Morgan fingerprint density at radius 3 is 0.667 bits per heavy atom. The van der Waals surface area contributed by atoms with Crippen LogP contribution in [-0.4, -0.2) is 50.4 Å². The first-order valence-corrected chi connectivity index (χ1v) is 2.10. The van der Waals surface area contributed by atoms with Gasteiger partial charge in [-0.3, -0.25) is 9.11 Å². The van der Waals surface area contributed by atoms with Gasteiger partial charge in [0.25, 0.3) is 0 Å². The fourth-order valence-electron chi connectivity index (χ4n) is 0. The molecule has 0 spiro atoms. The van der Waals surface area contributed by atoms with Crippen LogP contribution < -0.4 is 0 Å². The van der Waals surface area contributed by atoms with E-state index in [4.69, 9.17) is 17.5 Å². The molecule has 0 aliphatic heterocycles. The van der Waals surface area contributed by atoms with Gasteiger partial charge in [0.15, 0.2) is 0 Å². The van der Waals surface area contributed by atoms with Gasteiger partial charge in [-0.1, -0.05) is 0 Å². The summed E-state index contributed by atoms with van der Waals surface area (Å²) >= 11 is 0. The summed E-state index contributed by atoms with van der Waals surface area (Å²) in [4.78, 5) is 0. The Bertz CT molecular complexity index is 93.0. The normalized spacial score (nSPS) is 4.83. The maximum Gasteiger partial charge on any atom is 0.394 e. The van der Waals surface area contributed by atoms with Gasteiger partial charge in [0.05, 0.1) is 0 Å². The zero-order valence-corrected chi connectivity index (χ0v) is 8.32. The topological polar surface area (TPSA) is 264 Å². The Morgan fingerprint density at radius 1 is 0.667 bits per heavy atom. The Labute approximate surface area is 86.8 Å². The third kappa shape index (κ3) is 3790. The predicted octanol–water partition coefficient (Wildman–Crippen LogP) is -5.60. The first kappa shape index (κ1) is 81.6. The van der Waals surface area contributed by atoms with Gasteiger partial charge in [-0.15, -0.1) is 0 Å². The van der Waals surface area contributed by atoms with Gasteiger partial charge in [-0.25, -0.2) is 0 Å². The van der Waals surface area contributed by atoms with Crippen molar-refractivity contribution in [2.24, 2.45) is 0 Å². The second-order valence-corrected chi connectivity index (χ2v) is 1.34. The van der Waals surface area contributed by atoms with Crippen LogP contribution in [0.5, 0.6) is 0 Å². The number of rotatable bonds is 0. The first-order chi connectivity index (χ1) is 2.00. The molecular weight excluding hydrogens is 237 g/mol. The van der Waals surface area contributed by atoms with Crippen LogP contribution in [0.15, 0.2) is 0 Å². The van der Waals surface area contributed by atoms with Crippen molar-refractivity contribution >= 4 is 10.4 Å². The molecule has 0 saturated heterocycles. The average Bonchev–Trinajstić information content (AvgIpc) is 0.722. The van der Waals surface area contributed by atoms with Gasteiger partial charge in [0, 0.05) is 25.8 Å². The predicted molar refractivity (Wildman–Crippen MR) is 35.9 cm³/mol. The molecule has 0 aromatic rings. The van der Waals surface area contributed by atoms with E-state index < -0.39 is 10.4 Å². The van der Waals surface area contributed by atoms with Crippen molar-refractivity contribution in [2.75, 3.05) is 0 Å². The third-order valence-corrected chi connectivity index (χ3v) is 0. The molecule has 12 heteroatoms. The molecule has 0 aromatic carbocycles. The van der Waals surface area contributed by atoms with Crippen molar-refractivity contribution in [3.8, 4) is 0 Å². The van der Waals surface area contributed by atoms with E-state index in [9.17, 15) is 0 Å². The molecule has 0 aliphatic rings. The van der Waals surface area contributed by atoms with Crippen molar-refractivity contribution in [3.63, 3.8) is 0 Å². The molecule has 14 N–H and O–H groups in total. The summed E-state index contributed by atoms with van der Waals surface area (Å²) in [7, 11) is -4.67. The maximum absolute atomic E-state index is 8.74. The molecule has 12 heavy (non-hydrogen) atoms. The summed E-state index contributed by atoms with van der Waals surface area (Å²) in [5.74, 6) is 0. The molecule has 1 radical (unpaired) electrons. The van der Waals surface area contributed by atoms with Crippen LogP contribution in [0, 0.1) is 0 Å². The molecule has 0 unspecified atom stereocenters. The van der Waals surface area contributed by atoms with Gasteiger partial charge in [0.2, 0.25) is 0 Å². The second kappa shape index (κ2) is 30.0. The van der Waals surface area contributed by atoms with Gasteiger partial charge in [-0.05, 0) is 0 Å². The summed E-state index contributed by atoms with van der Waals surface area (Å²) < 4.78 is 31.6. The Morgan fingerprint density at radius 2 is 0.667 bits per heavy atom. The minimum atomic E-state index is -4.67. The Balaban J connectivity index is -0.00000000381. The molecule has 0 saturated carbocycles. The standard InChI is InChI=1S/H2O4S.6H2O.Sc/c1-5(2,3)4;;;;;;;/h(H2,1,2,3,4);6*1H2;. The summed E-state index contributed by atoms with van der Waals surface area (Å²) in [6.07, 6.45) is 0.